The standard InChI is InChI=1S/C27H34N2O5/c1-4-11-22(26(31)29-33)23(16-19(2)3)25(30)28-24(17-20-12-7-5-8-13-20)27(32)34-18-21-14-9-6-10-15-21/h4-10,12-15,19,22-24,33H,1,11,16-18H2,2-3H3,(H,28,30)(H,29,31)/t22-,23+,24-/m0/s1. The fourth-order valence-corrected chi connectivity index (χ4v) is 3.83. The number of hydroxylamine groups is 1. The summed E-state index contributed by atoms with van der Waals surface area (Å²) in [7, 11) is 0. The molecule has 0 saturated carbocycles. The van der Waals surface area contributed by atoms with Crippen molar-refractivity contribution in [1.29, 1.82) is 0 Å². The van der Waals surface area contributed by atoms with Crippen LogP contribution in [0.3, 0.4) is 0 Å². The molecular weight excluding hydrogens is 432 g/mol. The molecule has 34 heavy (non-hydrogen) atoms. The van der Waals surface area contributed by atoms with Crippen molar-refractivity contribution >= 4 is 17.8 Å². The van der Waals surface area contributed by atoms with Gasteiger partial charge in [-0.25, -0.2) is 10.3 Å². The number of hydrogen-bond donors (Lipinski definition) is 3. The lowest BCUT2D eigenvalue weighted by Gasteiger charge is -2.27. The third-order valence-corrected chi connectivity index (χ3v) is 5.52. The number of carbonyl (C=O) groups excluding carboxylic acids is 3. The molecule has 0 spiro atoms. The average molecular weight is 467 g/mol. The Bertz CT molecular complexity index is 931. The molecule has 7 heteroatoms. The molecule has 3 N–H and O–H groups in total. The van der Waals surface area contributed by atoms with Crippen LogP contribution in [0.15, 0.2) is 73.3 Å². The summed E-state index contributed by atoms with van der Waals surface area (Å²) in [6, 6.07) is 17.7. The van der Waals surface area contributed by atoms with Gasteiger partial charge in [0.1, 0.15) is 12.6 Å². The molecule has 0 fully saturated rings. The monoisotopic (exact) mass is 466 g/mol. The molecule has 0 aliphatic carbocycles. The first-order valence-electron chi connectivity index (χ1n) is 11.4. The second-order valence-electron chi connectivity index (χ2n) is 8.69. The second kappa shape index (κ2) is 14.0. The Morgan fingerprint density at radius 2 is 1.53 bits per heavy atom. The van der Waals surface area contributed by atoms with Gasteiger partial charge in [0.2, 0.25) is 11.8 Å². The topological polar surface area (TPSA) is 105 Å². The van der Waals surface area contributed by atoms with Crippen LogP contribution in [0.5, 0.6) is 0 Å². The van der Waals surface area contributed by atoms with Crippen molar-refractivity contribution in [2.75, 3.05) is 0 Å². The zero-order valence-corrected chi connectivity index (χ0v) is 19.8. The highest BCUT2D eigenvalue weighted by atomic mass is 16.5. The number of hydrogen-bond acceptors (Lipinski definition) is 5. The maximum Gasteiger partial charge on any atom is 0.329 e. The number of allylic oxidation sites excluding steroid dienone is 1. The van der Waals surface area contributed by atoms with Crippen molar-refractivity contribution in [3.8, 4) is 0 Å². The van der Waals surface area contributed by atoms with E-state index in [1.54, 1.807) is 5.48 Å². The molecule has 182 valence electrons. The quantitative estimate of drug-likeness (QED) is 0.180. The Balaban J connectivity index is 2.24. The molecule has 2 amide bonds. The molecule has 0 aliphatic heterocycles. The van der Waals surface area contributed by atoms with Crippen molar-refractivity contribution < 1.29 is 24.3 Å². The van der Waals surface area contributed by atoms with Gasteiger partial charge in [-0.3, -0.25) is 14.8 Å². The summed E-state index contributed by atoms with van der Waals surface area (Å²) in [6.45, 7) is 7.64. The summed E-state index contributed by atoms with van der Waals surface area (Å²) in [5.74, 6) is -3.13. The van der Waals surface area contributed by atoms with Crippen LogP contribution in [0.2, 0.25) is 0 Å². The molecule has 7 nitrogen and oxygen atoms in total. The second-order valence-corrected chi connectivity index (χ2v) is 8.69. The van der Waals surface area contributed by atoms with Gasteiger partial charge in [-0.05, 0) is 29.9 Å². The van der Waals surface area contributed by atoms with E-state index in [9.17, 15) is 19.6 Å². The summed E-state index contributed by atoms with van der Waals surface area (Å²) in [4.78, 5) is 38.7. The summed E-state index contributed by atoms with van der Waals surface area (Å²) >= 11 is 0. The molecule has 3 atom stereocenters. The van der Waals surface area contributed by atoms with Crippen molar-refractivity contribution in [1.82, 2.24) is 10.8 Å². The van der Waals surface area contributed by atoms with Crippen LogP contribution < -0.4 is 10.8 Å². The molecule has 0 aromatic heterocycles. The largest absolute Gasteiger partial charge is 0.459 e. The first-order valence-corrected chi connectivity index (χ1v) is 11.4. The predicted octanol–water partition coefficient (Wildman–Crippen LogP) is 3.82. The van der Waals surface area contributed by atoms with E-state index < -0.39 is 35.7 Å². The molecule has 0 saturated heterocycles. The molecule has 2 aromatic carbocycles. The van der Waals surface area contributed by atoms with Gasteiger partial charge >= 0.3 is 5.97 Å². The van der Waals surface area contributed by atoms with Crippen LogP contribution in [-0.2, 0) is 32.1 Å². The van der Waals surface area contributed by atoms with Crippen LogP contribution in [0.1, 0.15) is 37.8 Å². The van der Waals surface area contributed by atoms with Gasteiger partial charge in [0.25, 0.3) is 0 Å². The molecule has 0 bridgehead atoms. The molecule has 2 aromatic rings. The number of esters is 1. The number of carbonyl (C=O) groups is 3. The Hall–Kier alpha value is -3.45. The molecular formula is C27H34N2O5. The number of amides is 2. The van der Waals surface area contributed by atoms with Crippen LogP contribution in [0, 0.1) is 17.8 Å². The smallest absolute Gasteiger partial charge is 0.329 e. The van der Waals surface area contributed by atoms with Gasteiger partial charge in [0.15, 0.2) is 0 Å². The highest BCUT2D eigenvalue weighted by Crippen LogP contribution is 2.25. The van der Waals surface area contributed by atoms with Crippen LogP contribution >= 0.6 is 0 Å². The zero-order valence-electron chi connectivity index (χ0n) is 19.8. The van der Waals surface area contributed by atoms with E-state index in [-0.39, 0.29) is 25.4 Å². The maximum atomic E-state index is 13.4. The minimum atomic E-state index is -0.935. The van der Waals surface area contributed by atoms with Crippen molar-refractivity contribution in [2.45, 2.75) is 45.8 Å². The Kier molecular flexibility index (Phi) is 11.0. The summed E-state index contributed by atoms with van der Waals surface area (Å²) in [5.41, 5.74) is 3.35. The predicted molar refractivity (Wildman–Crippen MR) is 129 cm³/mol. The van der Waals surface area contributed by atoms with E-state index in [0.29, 0.717) is 6.42 Å². The van der Waals surface area contributed by atoms with E-state index in [0.717, 1.165) is 11.1 Å². The first kappa shape index (κ1) is 26.8. The maximum absolute atomic E-state index is 13.4. The molecule has 0 heterocycles. The lowest BCUT2D eigenvalue weighted by Crippen LogP contribution is -2.49. The SMILES string of the molecule is C=CC[C@H](C(=O)NO)[C@@H](CC(C)C)C(=O)N[C@@H](Cc1ccccc1)C(=O)OCc1ccccc1. The van der Waals surface area contributed by atoms with E-state index in [2.05, 4.69) is 11.9 Å². The van der Waals surface area contributed by atoms with E-state index in [1.165, 1.54) is 6.08 Å². The normalized spacial score (nSPS) is 13.4. The molecule has 0 unspecified atom stereocenters. The Morgan fingerprint density at radius 1 is 0.941 bits per heavy atom. The van der Waals surface area contributed by atoms with E-state index in [4.69, 9.17) is 4.74 Å². The van der Waals surface area contributed by atoms with Gasteiger partial charge in [0.05, 0.1) is 11.8 Å². The van der Waals surface area contributed by atoms with Gasteiger partial charge in [0, 0.05) is 6.42 Å². The minimum absolute atomic E-state index is 0.0856. The van der Waals surface area contributed by atoms with Gasteiger partial charge in [-0.15, -0.1) is 6.58 Å². The molecule has 0 radical (unpaired) electrons. The summed E-state index contributed by atoms with van der Waals surface area (Å²) < 4.78 is 5.51. The summed E-state index contributed by atoms with van der Waals surface area (Å²) in [5, 5.41) is 12.0. The average Bonchev–Trinajstić information content (AvgIpc) is 2.84. The minimum Gasteiger partial charge on any atom is -0.459 e. The van der Waals surface area contributed by atoms with Crippen LogP contribution in [-0.4, -0.2) is 29.0 Å². The Labute approximate surface area is 201 Å². The van der Waals surface area contributed by atoms with E-state index in [1.807, 2.05) is 74.5 Å². The highest BCUT2D eigenvalue weighted by Gasteiger charge is 2.35. The summed E-state index contributed by atoms with van der Waals surface area (Å²) in [6.07, 6.45) is 2.39. The molecule has 2 rings (SSSR count). The fourth-order valence-electron chi connectivity index (χ4n) is 3.83. The lowest BCUT2D eigenvalue weighted by atomic mass is 9.82. The third kappa shape index (κ3) is 8.48. The zero-order chi connectivity index (χ0) is 24.9. The number of nitrogens with one attached hydrogen (secondary N) is 2. The lowest BCUT2D eigenvalue weighted by molar-refractivity contribution is -0.150. The number of ether oxygens (including phenoxy) is 1. The number of benzene rings is 2. The van der Waals surface area contributed by atoms with Crippen LogP contribution in [0.4, 0.5) is 0 Å². The first-order chi connectivity index (χ1) is 16.3. The van der Waals surface area contributed by atoms with Gasteiger partial charge in [-0.2, -0.15) is 0 Å². The third-order valence-electron chi connectivity index (χ3n) is 5.52. The Morgan fingerprint density at radius 3 is 2.06 bits per heavy atom. The van der Waals surface area contributed by atoms with Gasteiger partial charge in [-0.1, -0.05) is 80.6 Å². The molecule has 0 aliphatic rings. The number of rotatable bonds is 13. The van der Waals surface area contributed by atoms with Crippen molar-refractivity contribution in [2.24, 2.45) is 17.8 Å². The van der Waals surface area contributed by atoms with Crippen molar-refractivity contribution in [3.05, 3.63) is 84.4 Å². The van der Waals surface area contributed by atoms with Gasteiger partial charge < -0.3 is 10.1 Å². The van der Waals surface area contributed by atoms with E-state index >= 15 is 0 Å². The van der Waals surface area contributed by atoms with Crippen LogP contribution in [0.25, 0.3) is 0 Å². The fraction of sp³-hybridized carbons (Fsp3) is 0.370. The highest BCUT2D eigenvalue weighted by molar-refractivity contribution is 5.90. The van der Waals surface area contributed by atoms with Crippen molar-refractivity contribution in [3.63, 3.8) is 0 Å².